The van der Waals surface area contributed by atoms with Crippen molar-refractivity contribution >= 4 is 22.6 Å². The van der Waals surface area contributed by atoms with Crippen LogP contribution in [0.15, 0.2) is 36.4 Å². The van der Waals surface area contributed by atoms with Crippen molar-refractivity contribution in [3.8, 4) is 0 Å². The molecule has 1 aliphatic carbocycles. The number of fused-ring (bicyclic) bond motifs is 2. The normalized spacial score (nSPS) is 21.0. The van der Waals surface area contributed by atoms with Crippen molar-refractivity contribution < 1.29 is 5.11 Å². The molecule has 1 atom stereocenters. The second-order valence-electron chi connectivity index (χ2n) is 5.68. The molecule has 2 aromatic carbocycles. The molecule has 104 valence electrons. The quantitative estimate of drug-likeness (QED) is 0.732. The van der Waals surface area contributed by atoms with Crippen LogP contribution in [0.3, 0.4) is 0 Å². The number of aryl methyl sites for hydroxylation is 3. The van der Waals surface area contributed by atoms with E-state index < -0.39 is 5.60 Å². The van der Waals surface area contributed by atoms with Gasteiger partial charge in [-0.1, -0.05) is 36.8 Å². The third kappa shape index (κ3) is 2.19. The standard InChI is InChI=1S/C18H19IO/c1-3-18(20)16-10-12(2)4-5-13(16)6-7-14-8-9-15(19)11-17(14)18/h4-5,8-11,20H,3,6-7H2,1-2H3. The Morgan fingerprint density at radius 2 is 1.65 bits per heavy atom. The molecule has 1 nitrogen and oxygen atoms in total. The van der Waals surface area contributed by atoms with Gasteiger partial charge >= 0.3 is 0 Å². The zero-order valence-corrected chi connectivity index (χ0v) is 14.1. The first kappa shape index (κ1) is 14.1. The van der Waals surface area contributed by atoms with Crippen molar-refractivity contribution in [2.75, 3.05) is 0 Å². The van der Waals surface area contributed by atoms with E-state index >= 15 is 0 Å². The Balaban J connectivity index is 2.30. The highest BCUT2D eigenvalue weighted by molar-refractivity contribution is 14.1. The van der Waals surface area contributed by atoms with Crippen molar-refractivity contribution in [3.63, 3.8) is 0 Å². The first-order chi connectivity index (χ1) is 9.54. The van der Waals surface area contributed by atoms with Crippen molar-refractivity contribution in [3.05, 3.63) is 67.8 Å². The summed E-state index contributed by atoms with van der Waals surface area (Å²) in [5, 5.41) is 11.4. The molecule has 20 heavy (non-hydrogen) atoms. The third-order valence-corrected chi connectivity index (χ3v) is 5.07. The van der Waals surface area contributed by atoms with E-state index in [0.29, 0.717) is 6.42 Å². The summed E-state index contributed by atoms with van der Waals surface area (Å²) in [6.07, 6.45) is 2.71. The van der Waals surface area contributed by atoms with E-state index in [9.17, 15) is 5.11 Å². The highest BCUT2D eigenvalue weighted by atomic mass is 127. The summed E-state index contributed by atoms with van der Waals surface area (Å²) in [6, 6.07) is 13.0. The average molecular weight is 378 g/mol. The topological polar surface area (TPSA) is 20.2 Å². The number of hydrogen-bond acceptors (Lipinski definition) is 1. The lowest BCUT2D eigenvalue weighted by atomic mass is 9.81. The van der Waals surface area contributed by atoms with Crippen molar-refractivity contribution in [2.45, 2.75) is 38.7 Å². The van der Waals surface area contributed by atoms with Gasteiger partial charge in [0.2, 0.25) is 0 Å². The molecule has 0 aliphatic heterocycles. The van der Waals surface area contributed by atoms with Gasteiger partial charge in [-0.2, -0.15) is 0 Å². The molecule has 0 heterocycles. The zero-order chi connectivity index (χ0) is 14.3. The molecule has 0 radical (unpaired) electrons. The largest absolute Gasteiger partial charge is 0.380 e. The van der Waals surface area contributed by atoms with E-state index in [-0.39, 0.29) is 0 Å². The summed E-state index contributed by atoms with van der Waals surface area (Å²) in [7, 11) is 0. The molecule has 0 spiro atoms. The summed E-state index contributed by atoms with van der Waals surface area (Å²) >= 11 is 2.33. The van der Waals surface area contributed by atoms with E-state index in [1.165, 1.54) is 20.3 Å². The molecule has 0 saturated heterocycles. The summed E-state index contributed by atoms with van der Waals surface area (Å²) in [5.74, 6) is 0. The fraction of sp³-hybridized carbons (Fsp3) is 0.333. The van der Waals surface area contributed by atoms with Gasteiger partial charge in [-0.25, -0.2) is 0 Å². The van der Waals surface area contributed by atoms with Crippen LogP contribution in [0.2, 0.25) is 0 Å². The summed E-state index contributed by atoms with van der Waals surface area (Å²) < 4.78 is 1.18. The summed E-state index contributed by atoms with van der Waals surface area (Å²) in [4.78, 5) is 0. The van der Waals surface area contributed by atoms with Crippen LogP contribution in [-0.4, -0.2) is 5.11 Å². The molecule has 2 aromatic rings. The lowest BCUT2D eigenvalue weighted by molar-refractivity contribution is 0.0757. The number of rotatable bonds is 1. The minimum absolute atomic E-state index is 0.705. The Morgan fingerprint density at radius 1 is 1.05 bits per heavy atom. The van der Waals surface area contributed by atoms with Gasteiger partial charge in [0.15, 0.2) is 0 Å². The third-order valence-electron chi connectivity index (χ3n) is 4.40. The number of benzene rings is 2. The lowest BCUT2D eigenvalue weighted by Gasteiger charge is -2.30. The molecule has 1 N–H and O–H groups in total. The van der Waals surface area contributed by atoms with Gasteiger partial charge in [0.25, 0.3) is 0 Å². The molecule has 0 fully saturated rings. The highest BCUT2D eigenvalue weighted by Crippen LogP contribution is 2.40. The highest BCUT2D eigenvalue weighted by Gasteiger charge is 2.35. The van der Waals surface area contributed by atoms with E-state index in [0.717, 1.165) is 24.0 Å². The molecule has 0 saturated carbocycles. The van der Waals surface area contributed by atoms with Gasteiger partial charge in [0, 0.05) is 3.57 Å². The van der Waals surface area contributed by atoms with E-state index in [1.807, 2.05) is 0 Å². The lowest BCUT2D eigenvalue weighted by Crippen LogP contribution is -2.28. The van der Waals surface area contributed by atoms with Crippen LogP contribution in [-0.2, 0) is 18.4 Å². The number of aliphatic hydroxyl groups is 1. The van der Waals surface area contributed by atoms with E-state index in [2.05, 4.69) is 72.8 Å². The smallest absolute Gasteiger partial charge is 0.115 e. The first-order valence-electron chi connectivity index (χ1n) is 7.16. The van der Waals surface area contributed by atoms with Crippen molar-refractivity contribution in [2.24, 2.45) is 0 Å². The molecule has 2 heteroatoms. The molecule has 0 aromatic heterocycles. The van der Waals surface area contributed by atoms with Gasteiger partial charge in [-0.05, 0) is 83.2 Å². The SMILES string of the molecule is CCC1(O)c2cc(C)ccc2CCc2ccc(I)cc21. The van der Waals surface area contributed by atoms with Gasteiger partial charge in [0.05, 0.1) is 0 Å². The van der Waals surface area contributed by atoms with Crippen molar-refractivity contribution in [1.29, 1.82) is 0 Å². The van der Waals surface area contributed by atoms with Gasteiger partial charge in [-0.3, -0.25) is 0 Å². The van der Waals surface area contributed by atoms with Crippen LogP contribution in [0.25, 0.3) is 0 Å². The molecular weight excluding hydrogens is 359 g/mol. The van der Waals surface area contributed by atoms with Crippen LogP contribution in [0.1, 0.15) is 41.2 Å². The Hall–Kier alpha value is -0.870. The summed E-state index contributed by atoms with van der Waals surface area (Å²) in [5.41, 5.74) is 5.12. The molecule has 3 rings (SSSR count). The van der Waals surface area contributed by atoms with Crippen LogP contribution in [0.5, 0.6) is 0 Å². The first-order valence-corrected chi connectivity index (χ1v) is 8.24. The minimum atomic E-state index is -0.853. The maximum absolute atomic E-state index is 11.4. The minimum Gasteiger partial charge on any atom is -0.380 e. The Morgan fingerprint density at radius 3 is 2.30 bits per heavy atom. The zero-order valence-electron chi connectivity index (χ0n) is 11.9. The van der Waals surface area contributed by atoms with Crippen LogP contribution in [0.4, 0.5) is 0 Å². The van der Waals surface area contributed by atoms with Crippen molar-refractivity contribution in [1.82, 2.24) is 0 Å². The number of halogens is 1. The average Bonchev–Trinajstić information content (AvgIpc) is 2.56. The Kier molecular flexibility index (Phi) is 3.63. The van der Waals surface area contributed by atoms with Gasteiger partial charge in [0.1, 0.15) is 5.60 Å². The summed E-state index contributed by atoms with van der Waals surface area (Å²) in [6.45, 7) is 4.16. The Labute approximate surface area is 134 Å². The van der Waals surface area contributed by atoms with E-state index in [1.54, 1.807) is 0 Å². The second kappa shape index (κ2) is 5.15. The second-order valence-corrected chi connectivity index (χ2v) is 6.92. The van der Waals surface area contributed by atoms with Gasteiger partial charge < -0.3 is 5.11 Å². The predicted octanol–water partition coefficient (Wildman–Crippen LogP) is 4.34. The van der Waals surface area contributed by atoms with Crippen LogP contribution in [0, 0.1) is 10.5 Å². The van der Waals surface area contributed by atoms with Gasteiger partial charge in [-0.15, -0.1) is 0 Å². The van der Waals surface area contributed by atoms with Crippen LogP contribution < -0.4 is 0 Å². The fourth-order valence-electron chi connectivity index (χ4n) is 3.24. The molecule has 1 aliphatic rings. The van der Waals surface area contributed by atoms with Crippen LogP contribution >= 0.6 is 22.6 Å². The maximum Gasteiger partial charge on any atom is 0.115 e. The molecule has 0 amide bonds. The molecular formula is C18H19IO. The Bertz CT molecular complexity index is 607. The fourth-order valence-corrected chi connectivity index (χ4v) is 3.73. The predicted molar refractivity (Wildman–Crippen MR) is 91.0 cm³/mol. The number of hydrogen-bond donors (Lipinski definition) is 1. The molecule has 1 unspecified atom stereocenters. The monoisotopic (exact) mass is 378 g/mol. The molecule has 0 bridgehead atoms. The van der Waals surface area contributed by atoms with E-state index in [4.69, 9.17) is 0 Å². The maximum atomic E-state index is 11.4.